The summed E-state index contributed by atoms with van der Waals surface area (Å²) in [6, 6.07) is 20.2. The Hall–Kier alpha value is -2.76. The van der Waals surface area contributed by atoms with Gasteiger partial charge in [0.2, 0.25) is 0 Å². The molecular weight excluding hydrogens is 390 g/mol. The number of hydrogen-bond acceptors (Lipinski definition) is 4. The Labute approximate surface area is 181 Å². The number of benzene rings is 2. The van der Waals surface area contributed by atoms with Crippen LogP contribution in [0.4, 0.5) is 0 Å². The molecule has 4 aromatic rings. The topological polar surface area (TPSA) is 38.1 Å². The highest BCUT2D eigenvalue weighted by Crippen LogP contribution is 2.36. The molecular formula is C25H27N3OS. The number of nitrogens with zero attached hydrogens (tertiary/aromatic N) is 3. The van der Waals surface area contributed by atoms with Crippen LogP contribution in [0, 0.1) is 6.92 Å². The zero-order valence-electron chi connectivity index (χ0n) is 17.8. The lowest BCUT2D eigenvalue weighted by Crippen LogP contribution is -2.32. The molecule has 0 aliphatic rings. The van der Waals surface area contributed by atoms with Crippen molar-refractivity contribution in [2.45, 2.75) is 27.3 Å². The van der Waals surface area contributed by atoms with Crippen molar-refractivity contribution in [1.29, 1.82) is 0 Å². The van der Waals surface area contributed by atoms with Gasteiger partial charge in [-0.3, -0.25) is 9.36 Å². The van der Waals surface area contributed by atoms with Gasteiger partial charge in [0, 0.05) is 29.1 Å². The quantitative estimate of drug-likeness (QED) is 0.402. The molecule has 0 amide bonds. The standard InChI is InChI=1S/C25H27N3OS/c1-4-27(5-2)16-17-28-23(20-14-10-7-11-15-20)26-24-22(25(28)29)21(18(3)30-24)19-12-8-6-9-13-19/h6-15H,4-5,16-17H2,1-3H3. The minimum Gasteiger partial charge on any atom is -0.302 e. The maximum Gasteiger partial charge on any atom is 0.263 e. The molecule has 0 unspecified atom stereocenters. The van der Waals surface area contributed by atoms with Crippen LogP contribution < -0.4 is 5.56 Å². The molecule has 4 rings (SSSR count). The van der Waals surface area contributed by atoms with Crippen molar-refractivity contribution >= 4 is 21.6 Å². The highest BCUT2D eigenvalue weighted by Gasteiger charge is 2.20. The monoisotopic (exact) mass is 417 g/mol. The SMILES string of the molecule is CCN(CC)CCn1c(-c2ccccc2)nc2sc(C)c(-c3ccccc3)c2c1=O. The molecule has 0 aliphatic heterocycles. The summed E-state index contributed by atoms with van der Waals surface area (Å²) in [7, 11) is 0. The van der Waals surface area contributed by atoms with Crippen LogP contribution in [0.15, 0.2) is 65.5 Å². The van der Waals surface area contributed by atoms with E-state index in [-0.39, 0.29) is 5.56 Å². The molecule has 0 saturated carbocycles. The zero-order chi connectivity index (χ0) is 21.1. The molecule has 154 valence electrons. The van der Waals surface area contributed by atoms with Crippen molar-refractivity contribution in [2.75, 3.05) is 19.6 Å². The molecule has 2 aromatic carbocycles. The first-order valence-electron chi connectivity index (χ1n) is 10.5. The Morgan fingerprint density at radius 3 is 2.13 bits per heavy atom. The summed E-state index contributed by atoms with van der Waals surface area (Å²) in [5.74, 6) is 0.751. The van der Waals surface area contributed by atoms with Gasteiger partial charge in [-0.25, -0.2) is 4.98 Å². The van der Waals surface area contributed by atoms with Crippen LogP contribution in [0.1, 0.15) is 18.7 Å². The van der Waals surface area contributed by atoms with Crippen LogP contribution in [-0.2, 0) is 6.54 Å². The highest BCUT2D eigenvalue weighted by atomic mass is 32.1. The van der Waals surface area contributed by atoms with E-state index < -0.39 is 0 Å². The first-order valence-corrected chi connectivity index (χ1v) is 11.3. The molecule has 0 spiro atoms. The molecule has 2 heterocycles. The van der Waals surface area contributed by atoms with E-state index in [0.29, 0.717) is 6.54 Å². The number of hydrogen-bond donors (Lipinski definition) is 0. The molecule has 30 heavy (non-hydrogen) atoms. The Kier molecular flexibility index (Phi) is 6.11. The summed E-state index contributed by atoms with van der Waals surface area (Å²) in [6.45, 7) is 9.77. The number of aryl methyl sites for hydroxylation is 1. The largest absolute Gasteiger partial charge is 0.302 e. The van der Waals surface area contributed by atoms with Gasteiger partial charge >= 0.3 is 0 Å². The minimum atomic E-state index is 0.0502. The molecule has 0 bridgehead atoms. The van der Waals surface area contributed by atoms with Crippen molar-refractivity contribution in [2.24, 2.45) is 0 Å². The van der Waals surface area contributed by atoms with Gasteiger partial charge in [0.1, 0.15) is 10.7 Å². The van der Waals surface area contributed by atoms with Crippen molar-refractivity contribution in [3.8, 4) is 22.5 Å². The summed E-state index contributed by atoms with van der Waals surface area (Å²) in [6.07, 6.45) is 0. The van der Waals surface area contributed by atoms with Crippen molar-refractivity contribution in [3.63, 3.8) is 0 Å². The van der Waals surface area contributed by atoms with Gasteiger partial charge in [-0.2, -0.15) is 0 Å². The van der Waals surface area contributed by atoms with E-state index in [2.05, 4.69) is 37.8 Å². The predicted octanol–water partition coefficient (Wildman–Crippen LogP) is 5.44. The Bertz CT molecular complexity index is 1190. The smallest absolute Gasteiger partial charge is 0.263 e. The van der Waals surface area contributed by atoms with Crippen molar-refractivity contribution in [3.05, 3.63) is 75.9 Å². The van der Waals surface area contributed by atoms with Crippen molar-refractivity contribution < 1.29 is 0 Å². The number of rotatable bonds is 7. The fourth-order valence-electron chi connectivity index (χ4n) is 3.94. The van der Waals surface area contributed by atoms with Crippen LogP contribution in [0.5, 0.6) is 0 Å². The van der Waals surface area contributed by atoms with Crippen LogP contribution in [0.3, 0.4) is 0 Å². The van der Waals surface area contributed by atoms with Crippen molar-refractivity contribution in [1.82, 2.24) is 14.5 Å². The molecule has 0 fully saturated rings. The molecule has 2 aromatic heterocycles. The summed E-state index contributed by atoms with van der Waals surface area (Å²) >= 11 is 1.60. The van der Waals surface area contributed by atoms with Gasteiger partial charge in [0.25, 0.3) is 5.56 Å². The van der Waals surface area contributed by atoms with Crippen LogP contribution >= 0.6 is 11.3 Å². The second-order valence-electron chi connectivity index (χ2n) is 7.36. The average Bonchev–Trinajstić information content (AvgIpc) is 3.12. The second kappa shape index (κ2) is 8.94. The molecule has 0 atom stereocenters. The molecule has 5 heteroatoms. The van der Waals surface area contributed by atoms with E-state index in [1.54, 1.807) is 11.3 Å². The van der Waals surface area contributed by atoms with E-state index in [1.807, 2.05) is 53.1 Å². The van der Waals surface area contributed by atoms with Gasteiger partial charge in [0.05, 0.1) is 5.39 Å². The first-order chi connectivity index (χ1) is 14.6. The van der Waals surface area contributed by atoms with E-state index in [9.17, 15) is 4.79 Å². The normalized spacial score (nSPS) is 11.5. The van der Waals surface area contributed by atoms with Gasteiger partial charge in [-0.05, 0) is 25.6 Å². The summed E-state index contributed by atoms with van der Waals surface area (Å²) in [5.41, 5.74) is 3.12. The molecule has 0 radical (unpaired) electrons. The summed E-state index contributed by atoms with van der Waals surface area (Å²) in [5, 5.41) is 0.739. The maximum atomic E-state index is 13.8. The van der Waals surface area contributed by atoms with Gasteiger partial charge in [-0.15, -0.1) is 11.3 Å². The number of fused-ring (bicyclic) bond motifs is 1. The number of aromatic nitrogens is 2. The zero-order valence-corrected chi connectivity index (χ0v) is 18.6. The third-order valence-electron chi connectivity index (χ3n) is 5.62. The minimum absolute atomic E-state index is 0.0502. The van der Waals surface area contributed by atoms with Gasteiger partial charge in [-0.1, -0.05) is 74.5 Å². The average molecular weight is 418 g/mol. The lowest BCUT2D eigenvalue weighted by molar-refractivity contribution is 0.289. The van der Waals surface area contributed by atoms with Gasteiger partial charge < -0.3 is 4.90 Å². The van der Waals surface area contributed by atoms with Gasteiger partial charge in [0.15, 0.2) is 0 Å². The molecule has 4 nitrogen and oxygen atoms in total. The molecule has 0 saturated heterocycles. The molecule has 0 N–H and O–H groups in total. The van der Waals surface area contributed by atoms with E-state index in [1.165, 1.54) is 0 Å². The third-order valence-corrected chi connectivity index (χ3v) is 6.62. The fraction of sp³-hybridized carbons (Fsp3) is 0.280. The third kappa shape index (κ3) is 3.83. The second-order valence-corrected chi connectivity index (χ2v) is 8.57. The lowest BCUT2D eigenvalue weighted by Gasteiger charge is -2.20. The van der Waals surface area contributed by atoms with Crippen LogP contribution in [0.2, 0.25) is 0 Å². The maximum absolute atomic E-state index is 13.8. The van der Waals surface area contributed by atoms with E-state index in [0.717, 1.165) is 57.2 Å². The summed E-state index contributed by atoms with van der Waals surface area (Å²) in [4.78, 5) is 23.1. The molecule has 0 aliphatic carbocycles. The first kappa shape index (κ1) is 20.5. The Balaban J connectivity index is 1.95. The highest BCUT2D eigenvalue weighted by molar-refractivity contribution is 7.19. The predicted molar refractivity (Wildman–Crippen MR) is 127 cm³/mol. The number of thiophene rings is 1. The Morgan fingerprint density at radius 1 is 0.933 bits per heavy atom. The fourth-order valence-corrected chi connectivity index (χ4v) is 4.98. The van der Waals surface area contributed by atoms with Crippen LogP contribution in [-0.4, -0.2) is 34.1 Å². The van der Waals surface area contributed by atoms with Crippen LogP contribution in [0.25, 0.3) is 32.7 Å². The number of likely N-dealkylation sites (N-methyl/N-ethyl adjacent to an activating group) is 1. The van der Waals surface area contributed by atoms with E-state index in [4.69, 9.17) is 4.98 Å². The van der Waals surface area contributed by atoms with E-state index >= 15 is 0 Å². The lowest BCUT2D eigenvalue weighted by atomic mass is 10.0. The Morgan fingerprint density at radius 2 is 1.53 bits per heavy atom. The summed E-state index contributed by atoms with van der Waals surface area (Å²) < 4.78 is 1.87.